The molecule has 11 heavy (non-hydrogen) atoms. The van der Waals surface area contributed by atoms with Crippen molar-refractivity contribution in [2.45, 2.75) is 19.3 Å². The van der Waals surface area contributed by atoms with E-state index in [4.69, 9.17) is 5.26 Å². The van der Waals surface area contributed by atoms with Gasteiger partial charge in [-0.05, 0) is 39.5 Å². The molecular weight excluding hydrogens is 138 g/mol. The van der Waals surface area contributed by atoms with E-state index in [0.29, 0.717) is 6.42 Å². The zero-order chi connectivity index (χ0) is 8.36. The minimum atomic E-state index is 0.666. The SMILES string of the molecule is CNCCCNCCCC#N. The summed E-state index contributed by atoms with van der Waals surface area (Å²) in [7, 11) is 1.95. The normalized spacial score (nSPS) is 9.45. The second-order valence-electron chi connectivity index (χ2n) is 2.47. The third-order valence-electron chi connectivity index (χ3n) is 1.42. The van der Waals surface area contributed by atoms with Gasteiger partial charge in [-0.2, -0.15) is 5.26 Å². The van der Waals surface area contributed by atoms with Gasteiger partial charge in [-0.1, -0.05) is 0 Å². The van der Waals surface area contributed by atoms with E-state index in [0.717, 1.165) is 32.5 Å². The van der Waals surface area contributed by atoms with E-state index in [1.807, 2.05) is 7.05 Å². The first-order chi connectivity index (χ1) is 5.41. The Morgan fingerprint density at radius 1 is 1.18 bits per heavy atom. The summed E-state index contributed by atoms with van der Waals surface area (Å²) in [5, 5.41) is 14.6. The van der Waals surface area contributed by atoms with Gasteiger partial charge in [-0.15, -0.1) is 0 Å². The molecule has 0 saturated heterocycles. The lowest BCUT2D eigenvalue weighted by Crippen LogP contribution is -2.20. The first-order valence-electron chi connectivity index (χ1n) is 4.14. The number of nitrogens with one attached hydrogen (secondary N) is 2. The van der Waals surface area contributed by atoms with Crippen molar-refractivity contribution in [3.05, 3.63) is 0 Å². The zero-order valence-electron chi connectivity index (χ0n) is 7.19. The van der Waals surface area contributed by atoms with Crippen molar-refractivity contribution in [3.63, 3.8) is 0 Å². The molecule has 3 heteroatoms. The summed E-state index contributed by atoms with van der Waals surface area (Å²) in [5.41, 5.74) is 0. The van der Waals surface area contributed by atoms with Crippen molar-refractivity contribution in [1.29, 1.82) is 5.26 Å². The molecule has 3 nitrogen and oxygen atoms in total. The van der Waals surface area contributed by atoms with E-state index in [9.17, 15) is 0 Å². The molecule has 0 rings (SSSR count). The van der Waals surface area contributed by atoms with E-state index >= 15 is 0 Å². The van der Waals surface area contributed by atoms with Crippen LogP contribution in [0.25, 0.3) is 0 Å². The molecule has 0 spiro atoms. The van der Waals surface area contributed by atoms with Crippen molar-refractivity contribution in [2.24, 2.45) is 0 Å². The quantitative estimate of drug-likeness (QED) is 0.526. The molecule has 0 heterocycles. The highest BCUT2D eigenvalue weighted by molar-refractivity contribution is 4.68. The van der Waals surface area contributed by atoms with Gasteiger partial charge in [-0.25, -0.2) is 0 Å². The number of hydrogen-bond acceptors (Lipinski definition) is 3. The number of rotatable bonds is 7. The van der Waals surface area contributed by atoms with Crippen molar-refractivity contribution in [1.82, 2.24) is 10.6 Å². The lowest BCUT2D eigenvalue weighted by atomic mass is 10.3. The average molecular weight is 155 g/mol. The Labute approximate surface area is 68.8 Å². The number of unbranched alkanes of at least 4 members (excludes halogenated alkanes) is 1. The average Bonchev–Trinajstić information content (AvgIpc) is 2.03. The molecule has 0 aromatic rings. The van der Waals surface area contributed by atoms with Gasteiger partial charge < -0.3 is 10.6 Å². The van der Waals surface area contributed by atoms with E-state index in [1.54, 1.807) is 0 Å². The molecule has 0 unspecified atom stereocenters. The predicted molar refractivity (Wildman–Crippen MR) is 46.3 cm³/mol. The summed E-state index contributed by atoms with van der Waals surface area (Å²) in [6.45, 7) is 3.08. The van der Waals surface area contributed by atoms with Crippen LogP contribution in [-0.4, -0.2) is 26.7 Å². The maximum Gasteiger partial charge on any atom is 0.0622 e. The van der Waals surface area contributed by atoms with Crippen LogP contribution in [0.5, 0.6) is 0 Å². The Bertz CT molecular complexity index is 106. The molecule has 0 aliphatic rings. The van der Waals surface area contributed by atoms with Crippen LogP contribution in [0.15, 0.2) is 0 Å². The Balaban J connectivity index is 2.75. The van der Waals surface area contributed by atoms with Gasteiger partial charge in [0.15, 0.2) is 0 Å². The van der Waals surface area contributed by atoms with Crippen molar-refractivity contribution in [2.75, 3.05) is 26.7 Å². The largest absolute Gasteiger partial charge is 0.320 e. The number of nitriles is 1. The van der Waals surface area contributed by atoms with Gasteiger partial charge in [0.05, 0.1) is 6.07 Å². The summed E-state index contributed by atoms with van der Waals surface area (Å²) in [6.07, 6.45) is 2.79. The molecule has 0 fully saturated rings. The molecule has 0 radical (unpaired) electrons. The Morgan fingerprint density at radius 3 is 2.55 bits per heavy atom. The fourth-order valence-electron chi connectivity index (χ4n) is 0.808. The van der Waals surface area contributed by atoms with Crippen LogP contribution in [0, 0.1) is 11.3 Å². The molecule has 0 aliphatic carbocycles. The molecule has 0 bridgehead atoms. The van der Waals surface area contributed by atoms with Crippen molar-refractivity contribution >= 4 is 0 Å². The van der Waals surface area contributed by atoms with E-state index in [-0.39, 0.29) is 0 Å². The standard InChI is InChI=1S/C8H17N3/c1-10-6-4-8-11-7-3-2-5-9/h10-11H,2-4,6-8H2,1H3. The second kappa shape index (κ2) is 9.41. The Morgan fingerprint density at radius 2 is 1.91 bits per heavy atom. The molecule has 0 aromatic carbocycles. The van der Waals surface area contributed by atoms with Crippen molar-refractivity contribution < 1.29 is 0 Å². The number of hydrogen-bond donors (Lipinski definition) is 2. The minimum Gasteiger partial charge on any atom is -0.320 e. The smallest absolute Gasteiger partial charge is 0.0622 e. The molecule has 0 aliphatic heterocycles. The van der Waals surface area contributed by atoms with Gasteiger partial charge in [0.25, 0.3) is 0 Å². The molecule has 64 valence electrons. The lowest BCUT2D eigenvalue weighted by Gasteiger charge is -2.01. The third kappa shape index (κ3) is 9.41. The summed E-state index contributed by atoms with van der Waals surface area (Å²) in [4.78, 5) is 0. The monoisotopic (exact) mass is 155 g/mol. The lowest BCUT2D eigenvalue weighted by molar-refractivity contribution is 0.610. The molecule has 2 N–H and O–H groups in total. The van der Waals surface area contributed by atoms with Crippen LogP contribution >= 0.6 is 0 Å². The first-order valence-corrected chi connectivity index (χ1v) is 4.14. The van der Waals surface area contributed by atoms with E-state index in [2.05, 4.69) is 16.7 Å². The molecule has 0 atom stereocenters. The Kier molecular flexibility index (Phi) is 8.91. The highest BCUT2D eigenvalue weighted by Crippen LogP contribution is 1.82. The van der Waals surface area contributed by atoms with E-state index in [1.165, 1.54) is 0 Å². The predicted octanol–water partition coefficient (Wildman–Crippen LogP) is 0.489. The second-order valence-corrected chi connectivity index (χ2v) is 2.47. The minimum absolute atomic E-state index is 0.666. The van der Waals surface area contributed by atoms with Crippen LogP contribution in [0.2, 0.25) is 0 Å². The van der Waals surface area contributed by atoms with Crippen LogP contribution in [0.4, 0.5) is 0 Å². The highest BCUT2D eigenvalue weighted by Gasteiger charge is 1.86. The highest BCUT2D eigenvalue weighted by atomic mass is 14.9. The molecule has 0 amide bonds. The van der Waals surface area contributed by atoms with Gasteiger partial charge in [0, 0.05) is 6.42 Å². The number of nitrogens with zero attached hydrogens (tertiary/aromatic N) is 1. The van der Waals surface area contributed by atoms with Gasteiger partial charge in [0.2, 0.25) is 0 Å². The van der Waals surface area contributed by atoms with Gasteiger partial charge in [-0.3, -0.25) is 0 Å². The fraction of sp³-hybridized carbons (Fsp3) is 0.875. The summed E-state index contributed by atoms with van der Waals surface area (Å²) >= 11 is 0. The molecule has 0 aromatic heterocycles. The van der Waals surface area contributed by atoms with Gasteiger partial charge in [0.1, 0.15) is 0 Å². The zero-order valence-corrected chi connectivity index (χ0v) is 7.19. The first kappa shape index (κ1) is 10.4. The summed E-state index contributed by atoms with van der Waals surface area (Å²) in [6, 6.07) is 2.12. The van der Waals surface area contributed by atoms with Crippen LogP contribution < -0.4 is 10.6 Å². The summed E-state index contributed by atoms with van der Waals surface area (Å²) in [5.74, 6) is 0. The van der Waals surface area contributed by atoms with Crippen molar-refractivity contribution in [3.8, 4) is 6.07 Å². The molecular formula is C8H17N3. The van der Waals surface area contributed by atoms with Crippen LogP contribution in [0.1, 0.15) is 19.3 Å². The van der Waals surface area contributed by atoms with E-state index < -0.39 is 0 Å². The van der Waals surface area contributed by atoms with Gasteiger partial charge >= 0.3 is 0 Å². The fourth-order valence-corrected chi connectivity index (χ4v) is 0.808. The molecule has 0 saturated carbocycles. The topological polar surface area (TPSA) is 47.8 Å². The van der Waals surface area contributed by atoms with Crippen LogP contribution in [-0.2, 0) is 0 Å². The maximum absolute atomic E-state index is 8.22. The van der Waals surface area contributed by atoms with Crippen LogP contribution in [0.3, 0.4) is 0 Å². The maximum atomic E-state index is 8.22. The Hall–Kier alpha value is -0.590. The summed E-state index contributed by atoms with van der Waals surface area (Å²) < 4.78 is 0. The third-order valence-corrected chi connectivity index (χ3v) is 1.42.